The van der Waals surface area contributed by atoms with Crippen molar-refractivity contribution in [1.82, 2.24) is 4.98 Å². The number of halogens is 3. The molecular formula is C20H14F3NOS. The summed E-state index contributed by atoms with van der Waals surface area (Å²) >= 11 is 1.54. The van der Waals surface area contributed by atoms with Gasteiger partial charge in [-0.1, -0.05) is 18.2 Å². The molecule has 1 heterocycles. The SMILES string of the molecule is CSc1ccc(-c2cc(C(=O)c3ccccn3)cc(C(F)(F)F)c2)cc1. The van der Waals surface area contributed by atoms with Gasteiger partial charge in [0.05, 0.1) is 5.56 Å². The van der Waals surface area contributed by atoms with E-state index in [2.05, 4.69) is 4.98 Å². The van der Waals surface area contributed by atoms with Crippen LogP contribution < -0.4 is 0 Å². The molecule has 3 aromatic rings. The van der Waals surface area contributed by atoms with E-state index in [1.54, 1.807) is 36.0 Å². The van der Waals surface area contributed by atoms with Crippen molar-refractivity contribution in [3.63, 3.8) is 0 Å². The zero-order chi connectivity index (χ0) is 18.7. The Kier molecular flexibility index (Phi) is 5.13. The van der Waals surface area contributed by atoms with Crippen LogP contribution in [0, 0.1) is 0 Å². The van der Waals surface area contributed by atoms with Crippen LogP contribution >= 0.6 is 11.8 Å². The number of carbonyl (C=O) groups is 1. The van der Waals surface area contributed by atoms with Gasteiger partial charge in [0.15, 0.2) is 0 Å². The predicted molar refractivity (Wildman–Crippen MR) is 96.3 cm³/mol. The first-order chi connectivity index (χ1) is 12.4. The molecule has 6 heteroatoms. The standard InChI is InChI=1S/C20H14F3NOS/c1-26-17-7-5-13(6-8-17)14-10-15(12-16(11-14)20(21,22)23)19(25)18-4-2-3-9-24-18/h2-12H,1H3. The summed E-state index contributed by atoms with van der Waals surface area (Å²) in [5.74, 6) is -0.543. The van der Waals surface area contributed by atoms with Gasteiger partial charge < -0.3 is 0 Å². The first-order valence-corrected chi connectivity index (χ1v) is 8.93. The molecule has 0 saturated heterocycles. The van der Waals surface area contributed by atoms with Crippen molar-refractivity contribution in [2.24, 2.45) is 0 Å². The minimum atomic E-state index is -4.55. The van der Waals surface area contributed by atoms with Crippen LogP contribution in [0.1, 0.15) is 21.6 Å². The first-order valence-electron chi connectivity index (χ1n) is 7.71. The van der Waals surface area contributed by atoms with Crippen LogP contribution in [0.3, 0.4) is 0 Å². The summed E-state index contributed by atoms with van der Waals surface area (Å²) in [5.41, 5.74) is 0.164. The van der Waals surface area contributed by atoms with Gasteiger partial charge in [0.25, 0.3) is 0 Å². The Labute approximate surface area is 153 Å². The topological polar surface area (TPSA) is 30.0 Å². The number of hydrogen-bond donors (Lipinski definition) is 0. The highest BCUT2D eigenvalue weighted by molar-refractivity contribution is 7.98. The third-order valence-electron chi connectivity index (χ3n) is 3.84. The van der Waals surface area contributed by atoms with Gasteiger partial charge in [0.2, 0.25) is 5.78 Å². The van der Waals surface area contributed by atoms with E-state index >= 15 is 0 Å². The number of alkyl halides is 3. The molecule has 0 radical (unpaired) electrons. The predicted octanol–water partition coefficient (Wildman–Crippen LogP) is 5.72. The summed E-state index contributed by atoms with van der Waals surface area (Å²) in [4.78, 5) is 17.5. The van der Waals surface area contributed by atoms with Crippen molar-refractivity contribution in [2.45, 2.75) is 11.1 Å². The van der Waals surface area contributed by atoms with E-state index in [4.69, 9.17) is 0 Å². The van der Waals surface area contributed by atoms with Gasteiger partial charge >= 0.3 is 6.18 Å². The molecule has 2 aromatic carbocycles. The van der Waals surface area contributed by atoms with E-state index in [-0.39, 0.29) is 11.3 Å². The largest absolute Gasteiger partial charge is 0.416 e. The third-order valence-corrected chi connectivity index (χ3v) is 4.59. The molecule has 2 nitrogen and oxygen atoms in total. The summed E-state index contributed by atoms with van der Waals surface area (Å²) < 4.78 is 40.0. The van der Waals surface area contributed by atoms with E-state index < -0.39 is 17.5 Å². The molecule has 1 aromatic heterocycles. The van der Waals surface area contributed by atoms with E-state index in [0.717, 1.165) is 17.0 Å². The highest BCUT2D eigenvalue weighted by Crippen LogP contribution is 2.34. The highest BCUT2D eigenvalue weighted by Gasteiger charge is 2.32. The maximum atomic E-state index is 13.3. The molecule has 0 bridgehead atoms. The van der Waals surface area contributed by atoms with Crippen molar-refractivity contribution in [1.29, 1.82) is 0 Å². The summed E-state index contributed by atoms with van der Waals surface area (Å²) in [6, 6.07) is 15.3. The van der Waals surface area contributed by atoms with Gasteiger partial charge in [-0.15, -0.1) is 11.8 Å². The van der Waals surface area contributed by atoms with Crippen molar-refractivity contribution < 1.29 is 18.0 Å². The third kappa shape index (κ3) is 3.96. The van der Waals surface area contributed by atoms with Crippen LogP contribution in [-0.2, 0) is 6.18 Å². The molecule has 0 spiro atoms. The van der Waals surface area contributed by atoms with Gasteiger partial charge in [-0.25, -0.2) is 0 Å². The number of thioether (sulfide) groups is 1. The Morgan fingerprint density at radius 1 is 0.962 bits per heavy atom. The molecule has 0 N–H and O–H groups in total. The number of benzene rings is 2. The van der Waals surface area contributed by atoms with Crippen molar-refractivity contribution in [2.75, 3.05) is 6.26 Å². The Balaban J connectivity index is 2.11. The maximum Gasteiger partial charge on any atom is 0.416 e. The van der Waals surface area contributed by atoms with Crippen LogP contribution in [0.15, 0.2) is 71.8 Å². The fourth-order valence-electron chi connectivity index (χ4n) is 2.52. The average Bonchev–Trinajstić information content (AvgIpc) is 2.67. The Morgan fingerprint density at radius 3 is 2.27 bits per heavy atom. The smallest absolute Gasteiger partial charge is 0.287 e. The Hall–Kier alpha value is -2.60. The van der Waals surface area contributed by atoms with E-state index in [1.807, 2.05) is 18.4 Å². The van der Waals surface area contributed by atoms with Crippen LogP contribution in [0.4, 0.5) is 13.2 Å². The monoisotopic (exact) mass is 373 g/mol. The number of nitrogens with zero attached hydrogens (tertiary/aromatic N) is 1. The first kappa shape index (κ1) is 18.2. The lowest BCUT2D eigenvalue weighted by atomic mass is 9.96. The van der Waals surface area contributed by atoms with Gasteiger partial charge in [0.1, 0.15) is 5.69 Å². The molecule has 0 saturated carbocycles. The second kappa shape index (κ2) is 7.33. The number of carbonyl (C=O) groups excluding carboxylic acids is 1. The summed E-state index contributed by atoms with van der Waals surface area (Å²) in [5, 5.41) is 0. The Bertz CT molecular complexity index is 922. The van der Waals surface area contributed by atoms with E-state index in [1.165, 1.54) is 18.3 Å². The normalized spacial score (nSPS) is 11.4. The lowest BCUT2D eigenvalue weighted by molar-refractivity contribution is -0.137. The van der Waals surface area contributed by atoms with Gasteiger partial charge in [-0.2, -0.15) is 13.2 Å². The van der Waals surface area contributed by atoms with Crippen LogP contribution in [-0.4, -0.2) is 17.0 Å². The lowest BCUT2D eigenvalue weighted by Gasteiger charge is -2.12. The van der Waals surface area contributed by atoms with Gasteiger partial charge in [-0.05, 0) is 59.8 Å². The molecule has 0 atom stereocenters. The minimum absolute atomic E-state index is 0.0394. The van der Waals surface area contributed by atoms with Crippen molar-refractivity contribution in [3.8, 4) is 11.1 Å². The quantitative estimate of drug-likeness (QED) is 0.433. The molecule has 0 aliphatic heterocycles. The zero-order valence-electron chi connectivity index (χ0n) is 13.7. The second-order valence-electron chi connectivity index (χ2n) is 5.57. The van der Waals surface area contributed by atoms with Crippen LogP contribution in [0.25, 0.3) is 11.1 Å². The van der Waals surface area contributed by atoms with Crippen LogP contribution in [0.5, 0.6) is 0 Å². The molecule has 0 amide bonds. The highest BCUT2D eigenvalue weighted by atomic mass is 32.2. The number of rotatable bonds is 4. The average molecular weight is 373 g/mol. The van der Waals surface area contributed by atoms with Crippen LogP contribution in [0.2, 0.25) is 0 Å². The number of pyridine rings is 1. The summed E-state index contributed by atoms with van der Waals surface area (Å²) in [6.07, 6.45) is -1.19. The fraction of sp³-hybridized carbons (Fsp3) is 0.100. The fourth-order valence-corrected chi connectivity index (χ4v) is 2.93. The second-order valence-corrected chi connectivity index (χ2v) is 6.45. The minimum Gasteiger partial charge on any atom is -0.287 e. The number of hydrogen-bond acceptors (Lipinski definition) is 3. The van der Waals surface area contributed by atoms with Gasteiger partial charge in [0, 0.05) is 16.7 Å². The number of ketones is 1. The molecule has 0 aliphatic carbocycles. The molecule has 0 unspecified atom stereocenters. The number of aromatic nitrogens is 1. The molecule has 0 fully saturated rings. The lowest BCUT2D eigenvalue weighted by Crippen LogP contribution is -2.10. The maximum absolute atomic E-state index is 13.3. The molecule has 3 rings (SSSR count). The van der Waals surface area contributed by atoms with Gasteiger partial charge in [-0.3, -0.25) is 9.78 Å². The molecule has 26 heavy (non-hydrogen) atoms. The van der Waals surface area contributed by atoms with Crippen molar-refractivity contribution in [3.05, 3.63) is 83.7 Å². The Morgan fingerprint density at radius 2 is 1.69 bits per heavy atom. The van der Waals surface area contributed by atoms with Crippen molar-refractivity contribution >= 4 is 17.5 Å². The zero-order valence-corrected chi connectivity index (χ0v) is 14.6. The molecular weight excluding hydrogens is 359 g/mol. The molecule has 0 aliphatic rings. The molecule has 132 valence electrons. The summed E-state index contributed by atoms with van der Waals surface area (Å²) in [6.45, 7) is 0. The summed E-state index contributed by atoms with van der Waals surface area (Å²) in [7, 11) is 0. The van der Waals surface area contributed by atoms with E-state index in [9.17, 15) is 18.0 Å². The van der Waals surface area contributed by atoms with E-state index in [0.29, 0.717) is 11.1 Å².